The number of nitrogens with one attached hydrogen (secondary N) is 3. The molecular weight excluding hydrogens is 480 g/mol. The van der Waals surface area contributed by atoms with Crippen molar-refractivity contribution in [3.8, 4) is 11.1 Å². The minimum atomic E-state index is -1.97. The van der Waals surface area contributed by atoms with Crippen LogP contribution in [0.5, 0.6) is 0 Å². The number of anilines is 1. The first kappa shape index (κ1) is 28.1. The van der Waals surface area contributed by atoms with Crippen LogP contribution in [0.3, 0.4) is 0 Å². The van der Waals surface area contributed by atoms with Crippen LogP contribution in [-0.4, -0.2) is 90.1 Å². The molecule has 5 N–H and O–H groups in total. The summed E-state index contributed by atoms with van der Waals surface area (Å²) in [6.45, 7) is 4.76. The maximum atomic E-state index is 13.4. The molecule has 0 aromatic heterocycles. The number of hydroxylamine groups is 1. The molecule has 0 saturated carbocycles. The number of amides is 3. The molecule has 1 saturated heterocycles. The zero-order chi connectivity index (χ0) is 27.0. The summed E-state index contributed by atoms with van der Waals surface area (Å²) >= 11 is 0. The second-order valence-electron chi connectivity index (χ2n) is 9.17. The molecule has 0 aliphatic carbocycles. The fourth-order valence-electron chi connectivity index (χ4n) is 3.92. The molecule has 3 atom stereocenters. The van der Waals surface area contributed by atoms with Crippen molar-refractivity contribution >= 4 is 23.4 Å². The normalized spacial score (nSPS) is 16.3. The first-order valence-electron chi connectivity index (χ1n) is 11.9. The van der Waals surface area contributed by atoms with Gasteiger partial charge in [-0.15, -0.1) is 0 Å². The van der Waals surface area contributed by atoms with Crippen LogP contribution in [0.1, 0.15) is 13.8 Å². The molecule has 1 aliphatic heterocycles. The number of benzene rings is 2. The number of aliphatic hydroxyl groups excluding tert-OH is 1. The highest BCUT2D eigenvalue weighted by molar-refractivity contribution is 5.96. The van der Waals surface area contributed by atoms with Gasteiger partial charge in [-0.1, -0.05) is 42.5 Å². The molecule has 2 aromatic carbocycles. The van der Waals surface area contributed by atoms with Gasteiger partial charge in [-0.25, -0.2) is 5.48 Å². The summed E-state index contributed by atoms with van der Waals surface area (Å²) in [5.74, 6) is -2.40. The predicted octanol–water partition coefficient (Wildman–Crippen LogP) is 0.769. The van der Waals surface area contributed by atoms with Crippen LogP contribution in [0.4, 0.5) is 5.69 Å². The Morgan fingerprint density at radius 3 is 2.14 bits per heavy atom. The highest BCUT2D eigenvalue weighted by atomic mass is 16.5. The molecular formula is C26H34N4O7. The van der Waals surface area contributed by atoms with E-state index in [-0.39, 0.29) is 5.91 Å². The minimum absolute atomic E-state index is 0.357. The second-order valence-corrected chi connectivity index (χ2v) is 9.17. The summed E-state index contributed by atoms with van der Waals surface area (Å²) in [7, 11) is 1.42. The van der Waals surface area contributed by atoms with Crippen molar-refractivity contribution < 1.29 is 34.2 Å². The van der Waals surface area contributed by atoms with Crippen molar-refractivity contribution in [3.05, 3.63) is 54.6 Å². The Hall–Kier alpha value is -3.51. The van der Waals surface area contributed by atoms with Crippen molar-refractivity contribution in [2.24, 2.45) is 0 Å². The summed E-state index contributed by atoms with van der Waals surface area (Å²) in [4.78, 5) is 40.4. The van der Waals surface area contributed by atoms with Crippen molar-refractivity contribution in [3.63, 3.8) is 0 Å². The maximum absolute atomic E-state index is 13.4. The lowest BCUT2D eigenvalue weighted by atomic mass is 9.95. The van der Waals surface area contributed by atoms with Gasteiger partial charge in [0.2, 0.25) is 11.8 Å². The van der Waals surface area contributed by atoms with Gasteiger partial charge in [-0.05, 0) is 37.1 Å². The molecule has 0 bridgehead atoms. The molecule has 2 aromatic rings. The number of methoxy groups -OCH3 is 1. The third-order valence-corrected chi connectivity index (χ3v) is 6.37. The van der Waals surface area contributed by atoms with Crippen LogP contribution in [-0.2, 0) is 23.9 Å². The Labute approximate surface area is 215 Å². The van der Waals surface area contributed by atoms with Crippen LogP contribution in [0.25, 0.3) is 11.1 Å². The van der Waals surface area contributed by atoms with E-state index in [1.165, 1.54) is 12.6 Å². The van der Waals surface area contributed by atoms with Gasteiger partial charge in [0.15, 0.2) is 6.10 Å². The van der Waals surface area contributed by atoms with Crippen molar-refractivity contribution in [1.29, 1.82) is 0 Å². The van der Waals surface area contributed by atoms with Gasteiger partial charge in [0.25, 0.3) is 5.91 Å². The fraction of sp³-hybridized carbons (Fsp3) is 0.423. The number of hydrogen-bond acceptors (Lipinski definition) is 8. The lowest BCUT2D eigenvalue weighted by molar-refractivity contribution is -0.149. The summed E-state index contributed by atoms with van der Waals surface area (Å²) < 4.78 is 10.8. The first-order valence-corrected chi connectivity index (χ1v) is 11.9. The average Bonchev–Trinajstić information content (AvgIpc) is 2.94. The lowest BCUT2D eigenvalue weighted by Gasteiger charge is -2.38. The van der Waals surface area contributed by atoms with Gasteiger partial charge in [0.1, 0.15) is 12.1 Å². The van der Waals surface area contributed by atoms with Crippen molar-refractivity contribution in [1.82, 2.24) is 15.7 Å². The zero-order valence-electron chi connectivity index (χ0n) is 21.1. The fourth-order valence-corrected chi connectivity index (χ4v) is 3.92. The van der Waals surface area contributed by atoms with Gasteiger partial charge in [0, 0.05) is 25.9 Å². The zero-order valence-corrected chi connectivity index (χ0v) is 21.1. The molecule has 1 aliphatic rings. The second kappa shape index (κ2) is 12.6. The van der Waals surface area contributed by atoms with Gasteiger partial charge >= 0.3 is 0 Å². The highest BCUT2D eigenvalue weighted by Crippen LogP contribution is 2.22. The smallest absolute Gasteiger partial charge is 0.274 e. The van der Waals surface area contributed by atoms with E-state index in [4.69, 9.17) is 14.7 Å². The third kappa shape index (κ3) is 7.04. The highest BCUT2D eigenvalue weighted by Gasteiger charge is 2.42. The van der Waals surface area contributed by atoms with Crippen molar-refractivity contribution in [2.45, 2.75) is 37.6 Å². The molecule has 3 unspecified atom stereocenters. The number of aliphatic hydroxyl groups is 1. The molecule has 0 radical (unpaired) electrons. The van der Waals surface area contributed by atoms with Crippen LogP contribution in [0.2, 0.25) is 0 Å². The number of rotatable bonds is 10. The number of ether oxygens (including phenoxy) is 2. The monoisotopic (exact) mass is 514 g/mol. The maximum Gasteiger partial charge on any atom is 0.274 e. The molecule has 200 valence electrons. The molecule has 11 heteroatoms. The van der Waals surface area contributed by atoms with Crippen LogP contribution in [0.15, 0.2) is 54.6 Å². The van der Waals surface area contributed by atoms with E-state index in [2.05, 4.69) is 10.6 Å². The van der Waals surface area contributed by atoms with Crippen molar-refractivity contribution in [2.75, 3.05) is 38.7 Å². The number of nitrogens with zero attached hydrogens (tertiary/aromatic N) is 1. The third-order valence-electron chi connectivity index (χ3n) is 6.37. The molecule has 37 heavy (non-hydrogen) atoms. The summed E-state index contributed by atoms with van der Waals surface area (Å²) in [6, 6.07) is 14.0. The predicted molar refractivity (Wildman–Crippen MR) is 136 cm³/mol. The first-order chi connectivity index (χ1) is 17.7. The van der Waals surface area contributed by atoms with Gasteiger partial charge in [-0.3, -0.25) is 19.6 Å². The summed E-state index contributed by atoms with van der Waals surface area (Å²) in [5.41, 5.74) is 2.61. The minimum Gasteiger partial charge on any atom is -0.380 e. The van der Waals surface area contributed by atoms with Gasteiger partial charge in [0.05, 0.1) is 18.8 Å². The van der Waals surface area contributed by atoms with Crippen LogP contribution < -0.4 is 16.1 Å². The molecule has 3 amide bonds. The van der Waals surface area contributed by atoms with Gasteiger partial charge < -0.3 is 30.1 Å². The standard InChI is InChI=1S/C26H34N4O7/c1-26(2,36-3)22(25(34)30-13-15-37-16-14-30)28-23(32)20(21(31)24(33)29-35)27-19-11-9-18(10-12-19)17-7-5-4-6-8-17/h4-12,20-22,27,31,35H,13-16H2,1-3H3,(H,28,32)(H,29,33). The van der Waals surface area contributed by atoms with E-state index < -0.39 is 35.6 Å². The SMILES string of the molecule is COC(C)(C)C(NC(=O)C(Nc1ccc(-c2ccccc2)cc1)C(O)C(=O)NO)C(=O)N1CCOCC1. The quantitative estimate of drug-likeness (QED) is 0.231. The number of carbonyl (C=O) groups excluding carboxylic acids is 3. The molecule has 1 heterocycles. The number of morpholine rings is 1. The largest absolute Gasteiger partial charge is 0.380 e. The summed E-state index contributed by atoms with van der Waals surface area (Å²) in [5, 5.41) is 25.1. The Kier molecular flexibility index (Phi) is 9.59. The van der Waals surface area contributed by atoms with E-state index in [0.29, 0.717) is 32.0 Å². The van der Waals surface area contributed by atoms with E-state index in [9.17, 15) is 19.5 Å². The van der Waals surface area contributed by atoms with Crippen LogP contribution >= 0.6 is 0 Å². The molecule has 11 nitrogen and oxygen atoms in total. The van der Waals surface area contributed by atoms with E-state index in [0.717, 1.165) is 11.1 Å². The van der Waals surface area contributed by atoms with E-state index >= 15 is 0 Å². The molecule has 3 rings (SSSR count). The van der Waals surface area contributed by atoms with E-state index in [1.807, 2.05) is 42.5 Å². The topological polar surface area (TPSA) is 149 Å². The Morgan fingerprint density at radius 2 is 1.57 bits per heavy atom. The summed E-state index contributed by atoms with van der Waals surface area (Å²) in [6.07, 6.45) is -1.97. The molecule has 0 spiro atoms. The Morgan fingerprint density at radius 1 is 0.973 bits per heavy atom. The number of carbonyl (C=O) groups is 3. The molecule has 1 fully saturated rings. The van der Waals surface area contributed by atoms with E-state index in [1.54, 1.807) is 30.9 Å². The van der Waals surface area contributed by atoms with Crippen LogP contribution in [0, 0.1) is 0 Å². The average molecular weight is 515 g/mol. The Balaban J connectivity index is 1.84. The van der Waals surface area contributed by atoms with Gasteiger partial charge in [-0.2, -0.15) is 0 Å². The number of hydrogen-bond donors (Lipinski definition) is 5. The Bertz CT molecular complexity index is 1060. The lowest BCUT2D eigenvalue weighted by Crippen LogP contribution is -2.64.